The zero-order chi connectivity index (χ0) is 12.3. The van der Waals surface area contributed by atoms with Gasteiger partial charge in [0.2, 0.25) is 5.89 Å². The second kappa shape index (κ2) is 5.63. The van der Waals surface area contributed by atoms with E-state index in [1.54, 1.807) is 0 Å². The van der Waals surface area contributed by atoms with Gasteiger partial charge in [0.1, 0.15) is 0 Å². The van der Waals surface area contributed by atoms with E-state index in [2.05, 4.69) is 29.3 Å². The van der Waals surface area contributed by atoms with Gasteiger partial charge in [-0.15, -0.1) is 0 Å². The second-order valence-corrected chi connectivity index (χ2v) is 5.48. The molecular formula is C13H23N3O. The van der Waals surface area contributed by atoms with Gasteiger partial charge in [0.05, 0.1) is 0 Å². The Labute approximate surface area is 103 Å². The Balaban J connectivity index is 1.92. The predicted molar refractivity (Wildman–Crippen MR) is 66.9 cm³/mol. The van der Waals surface area contributed by atoms with Crippen LogP contribution in [0.5, 0.6) is 0 Å². The van der Waals surface area contributed by atoms with E-state index in [0.29, 0.717) is 17.9 Å². The van der Waals surface area contributed by atoms with Crippen LogP contribution in [0.15, 0.2) is 4.52 Å². The molecule has 96 valence electrons. The van der Waals surface area contributed by atoms with Crippen molar-refractivity contribution in [3.8, 4) is 0 Å². The summed E-state index contributed by atoms with van der Waals surface area (Å²) in [6.07, 6.45) is 5.66. The zero-order valence-electron chi connectivity index (χ0n) is 11.1. The van der Waals surface area contributed by atoms with Crippen molar-refractivity contribution in [1.82, 2.24) is 15.5 Å². The number of nitrogens with one attached hydrogen (secondary N) is 1. The minimum atomic E-state index is 0.480. The van der Waals surface area contributed by atoms with Gasteiger partial charge in [0, 0.05) is 18.4 Å². The minimum absolute atomic E-state index is 0.480. The average Bonchev–Trinajstić information content (AvgIpc) is 2.77. The van der Waals surface area contributed by atoms with Crippen LogP contribution in [0.1, 0.15) is 57.2 Å². The van der Waals surface area contributed by atoms with Gasteiger partial charge in [0.25, 0.3) is 0 Å². The Morgan fingerprint density at radius 1 is 1.29 bits per heavy atom. The van der Waals surface area contributed by atoms with Gasteiger partial charge < -0.3 is 9.84 Å². The molecule has 1 heterocycles. The van der Waals surface area contributed by atoms with E-state index >= 15 is 0 Å². The fourth-order valence-corrected chi connectivity index (χ4v) is 2.51. The SMILES string of the molecule is CNC1CCC(c2nc(CC(C)C)no2)CC1. The number of nitrogens with zero attached hydrogens (tertiary/aromatic N) is 2. The predicted octanol–water partition coefficient (Wildman–Crippen LogP) is 2.51. The third-order valence-corrected chi connectivity index (χ3v) is 3.56. The van der Waals surface area contributed by atoms with Crippen LogP contribution in [0.25, 0.3) is 0 Å². The van der Waals surface area contributed by atoms with E-state index in [1.807, 2.05) is 7.05 Å². The Morgan fingerprint density at radius 2 is 2.00 bits per heavy atom. The van der Waals surface area contributed by atoms with E-state index in [-0.39, 0.29) is 0 Å². The molecule has 0 aliphatic heterocycles. The molecule has 17 heavy (non-hydrogen) atoms. The molecule has 2 rings (SSSR count). The summed E-state index contributed by atoms with van der Waals surface area (Å²) >= 11 is 0. The first-order valence-electron chi connectivity index (χ1n) is 6.68. The maximum Gasteiger partial charge on any atom is 0.229 e. The van der Waals surface area contributed by atoms with Crippen LogP contribution in [0.3, 0.4) is 0 Å². The third kappa shape index (κ3) is 3.28. The molecule has 1 fully saturated rings. The van der Waals surface area contributed by atoms with Gasteiger partial charge in [-0.2, -0.15) is 4.98 Å². The summed E-state index contributed by atoms with van der Waals surface area (Å²) in [7, 11) is 2.04. The van der Waals surface area contributed by atoms with Crippen LogP contribution in [-0.4, -0.2) is 23.2 Å². The van der Waals surface area contributed by atoms with Crippen LogP contribution >= 0.6 is 0 Å². The number of rotatable bonds is 4. The molecule has 0 bridgehead atoms. The van der Waals surface area contributed by atoms with Gasteiger partial charge in [-0.1, -0.05) is 19.0 Å². The highest BCUT2D eigenvalue weighted by Gasteiger charge is 2.25. The van der Waals surface area contributed by atoms with Crippen molar-refractivity contribution in [3.05, 3.63) is 11.7 Å². The van der Waals surface area contributed by atoms with E-state index < -0.39 is 0 Å². The molecule has 1 saturated carbocycles. The molecular weight excluding hydrogens is 214 g/mol. The van der Waals surface area contributed by atoms with E-state index in [4.69, 9.17) is 4.52 Å². The summed E-state index contributed by atoms with van der Waals surface area (Å²) in [4.78, 5) is 4.53. The highest BCUT2D eigenvalue weighted by atomic mass is 16.5. The normalized spacial score (nSPS) is 25.4. The lowest BCUT2D eigenvalue weighted by molar-refractivity contribution is 0.287. The minimum Gasteiger partial charge on any atom is -0.339 e. The lowest BCUT2D eigenvalue weighted by Crippen LogP contribution is -2.29. The Hall–Kier alpha value is -0.900. The Bertz CT molecular complexity index is 340. The van der Waals surface area contributed by atoms with Crippen molar-refractivity contribution in [2.45, 2.75) is 57.9 Å². The molecule has 1 aliphatic carbocycles. The first-order valence-corrected chi connectivity index (χ1v) is 6.68. The standard InChI is InChI=1S/C13H23N3O/c1-9(2)8-12-15-13(17-16-12)10-4-6-11(14-3)7-5-10/h9-11,14H,4-8H2,1-3H3. The molecule has 4 heteroatoms. The number of hydrogen-bond acceptors (Lipinski definition) is 4. The van der Waals surface area contributed by atoms with Crippen molar-refractivity contribution in [3.63, 3.8) is 0 Å². The highest BCUT2D eigenvalue weighted by Crippen LogP contribution is 2.31. The van der Waals surface area contributed by atoms with Crippen molar-refractivity contribution in [2.75, 3.05) is 7.05 Å². The molecule has 1 aliphatic rings. The molecule has 4 nitrogen and oxygen atoms in total. The molecule has 0 amide bonds. The Morgan fingerprint density at radius 3 is 2.59 bits per heavy atom. The van der Waals surface area contributed by atoms with Gasteiger partial charge >= 0.3 is 0 Å². The van der Waals surface area contributed by atoms with Crippen molar-refractivity contribution in [2.24, 2.45) is 5.92 Å². The maximum atomic E-state index is 5.39. The van der Waals surface area contributed by atoms with Gasteiger partial charge in [-0.25, -0.2) is 0 Å². The molecule has 0 spiro atoms. The van der Waals surface area contributed by atoms with Crippen LogP contribution < -0.4 is 5.32 Å². The Kier molecular flexibility index (Phi) is 4.15. The second-order valence-electron chi connectivity index (χ2n) is 5.48. The molecule has 0 unspecified atom stereocenters. The van der Waals surface area contributed by atoms with Crippen LogP contribution in [0.4, 0.5) is 0 Å². The van der Waals surface area contributed by atoms with Crippen LogP contribution in [0, 0.1) is 5.92 Å². The van der Waals surface area contributed by atoms with Gasteiger partial charge in [-0.05, 0) is 38.6 Å². The molecule has 0 atom stereocenters. The summed E-state index contributed by atoms with van der Waals surface area (Å²) in [6.45, 7) is 4.35. The zero-order valence-corrected chi connectivity index (χ0v) is 11.1. The number of hydrogen-bond donors (Lipinski definition) is 1. The topological polar surface area (TPSA) is 51.0 Å². The summed E-state index contributed by atoms with van der Waals surface area (Å²) in [5.74, 6) is 2.79. The molecule has 0 aromatic carbocycles. The van der Waals surface area contributed by atoms with Gasteiger partial charge in [-0.3, -0.25) is 0 Å². The summed E-state index contributed by atoms with van der Waals surface area (Å²) in [5, 5.41) is 7.41. The quantitative estimate of drug-likeness (QED) is 0.874. The smallest absolute Gasteiger partial charge is 0.229 e. The average molecular weight is 237 g/mol. The molecule has 1 aromatic heterocycles. The lowest BCUT2D eigenvalue weighted by atomic mass is 9.86. The first-order chi connectivity index (χ1) is 8.19. The third-order valence-electron chi connectivity index (χ3n) is 3.56. The van der Waals surface area contributed by atoms with Crippen LogP contribution in [-0.2, 0) is 6.42 Å². The molecule has 1 aromatic rings. The van der Waals surface area contributed by atoms with Crippen molar-refractivity contribution >= 4 is 0 Å². The maximum absolute atomic E-state index is 5.39. The fraction of sp³-hybridized carbons (Fsp3) is 0.846. The van der Waals surface area contributed by atoms with Crippen molar-refractivity contribution < 1.29 is 4.52 Å². The first kappa shape index (κ1) is 12.6. The summed E-state index contributed by atoms with van der Waals surface area (Å²) in [6, 6.07) is 0.671. The van der Waals surface area contributed by atoms with E-state index in [9.17, 15) is 0 Å². The molecule has 1 N–H and O–H groups in total. The largest absolute Gasteiger partial charge is 0.339 e. The molecule has 0 saturated heterocycles. The summed E-state index contributed by atoms with van der Waals surface area (Å²) < 4.78 is 5.39. The lowest BCUT2D eigenvalue weighted by Gasteiger charge is -2.25. The fourth-order valence-electron chi connectivity index (χ4n) is 2.51. The molecule has 0 radical (unpaired) electrons. The number of aromatic nitrogens is 2. The highest BCUT2D eigenvalue weighted by molar-refractivity contribution is 4.97. The van der Waals surface area contributed by atoms with Crippen molar-refractivity contribution in [1.29, 1.82) is 0 Å². The summed E-state index contributed by atoms with van der Waals surface area (Å²) in [5.41, 5.74) is 0. The van der Waals surface area contributed by atoms with Crippen LogP contribution in [0.2, 0.25) is 0 Å². The van der Waals surface area contributed by atoms with Gasteiger partial charge in [0.15, 0.2) is 5.82 Å². The monoisotopic (exact) mass is 237 g/mol. The van der Waals surface area contributed by atoms with E-state index in [0.717, 1.165) is 31.0 Å². The van der Waals surface area contributed by atoms with E-state index in [1.165, 1.54) is 12.8 Å².